The zero-order valence-corrected chi connectivity index (χ0v) is 16.2. The second-order valence-electron chi connectivity index (χ2n) is 6.83. The number of benzene rings is 2. The van der Waals surface area contributed by atoms with Gasteiger partial charge in [-0.1, -0.05) is 48.5 Å². The quantitative estimate of drug-likeness (QED) is 0.528. The van der Waals surface area contributed by atoms with Gasteiger partial charge in [0.15, 0.2) is 6.61 Å². The standard InChI is InChI=1S/C22H22N2O5/c1-23(14-16-7-3-2-4-8-16)20(26)15-29-21(27)11-12-24-19(25)13-17-9-5-6-10-18(17)22(24)28/h2-10H,11-15H2,1H3. The van der Waals surface area contributed by atoms with E-state index in [1.807, 2.05) is 30.3 Å². The summed E-state index contributed by atoms with van der Waals surface area (Å²) in [5, 5.41) is 0. The summed E-state index contributed by atoms with van der Waals surface area (Å²) < 4.78 is 5.01. The highest BCUT2D eigenvalue weighted by Crippen LogP contribution is 2.19. The van der Waals surface area contributed by atoms with E-state index in [4.69, 9.17) is 4.74 Å². The number of hydrogen-bond acceptors (Lipinski definition) is 5. The Bertz CT molecular complexity index is 926. The number of rotatable bonds is 7. The van der Waals surface area contributed by atoms with Gasteiger partial charge in [-0.2, -0.15) is 0 Å². The van der Waals surface area contributed by atoms with Crippen LogP contribution in [0.15, 0.2) is 54.6 Å². The number of carbonyl (C=O) groups excluding carboxylic acids is 4. The molecule has 150 valence electrons. The Kier molecular flexibility index (Phi) is 6.39. The third-order valence-electron chi connectivity index (χ3n) is 4.72. The van der Waals surface area contributed by atoms with Crippen molar-refractivity contribution in [3.8, 4) is 0 Å². The molecular formula is C22H22N2O5. The maximum Gasteiger partial charge on any atom is 0.308 e. The van der Waals surface area contributed by atoms with Gasteiger partial charge in [0.2, 0.25) is 5.91 Å². The minimum Gasteiger partial charge on any atom is -0.456 e. The third-order valence-corrected chi connectivity index (χ3v) is 4.72. The molecule has 0 saturated heterocycles. The average molecular weight is 394 g/mol. The molecule has 7 heteroatoms. The molecule has 0 aliphatic carbocycles. The highest BCUT2D eigenvalue weighted by Gasteiger charge is 2.30. The first kappa shape index (κ1) is 20.3. The van der Waals surface area contributed by atoms with Gasteiger partial charge in [-0.25, -0.2) is 0 Å². The monoisotopic (exact) mass is 394 g/mol. The second-order valence-corrected chi connectivity index (χ2v) is 6.83. The topological polar surface area (TPSA) is 84.0 Å². The number of esters is 1. The summed E-state index contributed by atoms with van der Waals surface area (Å²) in [5.74, 6) is -1.73. The van der Waals surface area contributed by atoms with Crippen LogP contribution in [-0.2, 0) is 32.1 Å². The van der Waals surface area contributed by atoms with Gasteiger partial charge in [0.1, 0.15) is 0 Å². The molecule has 0 unspecified atom stereocenters. The molecule has 29 heavy (non-hydrogen) atoms. The van der Waals surface area contributed by atoms with E-state index >= 15 is 0 Å². The van der Waals surface area contributed by atoms with Crippen molar-refractivity contribution in [2.24, 2.45) is 0 Å². The molecule has 0 aromatic heterocycles. The van der Waals surface area contributed by atoms with Crippen LogP contribution in [-0.4, -0.2) is 53.7 Å². The summed E-state index contributed by atoms with van der Waals surface area (Å²) >= 11 is 0. The molecule has 0 radical (unpaired) electrons. The molecule has 2 aromatic carbocycles. The van der Waals surface area contributed by atoms with Gasteiger partial charge in [0.25, 0.3) is 11.8 Å². The largest absolute Gasteiger partial charge is 0.456 e. The van der Waals surface area contributed by atoms with Crippen molar-refractivity contribution in [1.29, 1.82) is 0 Å². The molecular weight excluding hydrogens is 372 g/mol. The first-order valence-electron chi connectivity index (χ1n) is 9.32. The van der Waals surface area contributed by atoms with Gasteiger partial charge < -0.3 is 9.64 Å². The van der Waals surface area contributed by atoms with Gasteiger partial charge >= 0.3 is 5.97 Å². The van der Waals surface area contributed by atoms with Crippen LogP contribution < -0.4 is 0 Å². The first-order chi connectivity index (χ1) is 14.0. The Labute approximate surface area is 168 Å². The van der Waals surface area contributed by atoms with E-state index in [2.05, 4.69) is 0 Å². The van der Waals surface area contributed by atoms with Crippen LogP contribution in [0.2, 0.25) is 0 Å². The van der Waals surface area contributed by atoms with Gasteiger partial charge in [-0.15, -0.1) is 0 Å². The van der Waals surface area contributed by atoms with Crippen LogP contribution in [0.3, 0.4) is 0 Å². The molecule has 0 atom stereocenters. The van der Waals surface area contributed by atoms with Crippen molar-refractivity contribution in [3.05, 3.63) is 71.3 Å². The smallest absolute Gasteiger partial charge is 0.308 e. The molecule has 2 aromatic rings. The fourth-order valence-electron chi connectivity index (χ4n) is 3.10. The molecule has 1 aliphatic rings. The summed E-state index contributed by atoms with van der Waals surface area (Å²) in [6.07, 6.45) is -0.0327. The molecule has 1 aliphatic heterocycles. The lowest BCUT2D eigenvalue weighted by Crippen LogP contribution is -2.43. The lowest BCUT2D eigenvalue weighted by molar-refractivity contribution is -0.152. The number of fused-ring (bicyclic) bond motifs is 1. The van der Waals surface area contributed by atoms with Gasteiger partial charge in [0.05, 0.1) is 12.8 Å². The van der Waals surface area contributed by atoms with Crippen LogP contribution in [0.5, 0.6) is 0 Å². The highest BCUT2D eigenvalue weighted by atomic mass is 16.5. The first-order valence-corrected chi connectivity index (χ1v) is 9.32. The van der Waals surface area contributed by atoms with Crippen LogP contribution in [0.25, 0.3) is 0 Å². The van der Waals surface area contributed by atoms with Crippen molar-refractivity contribution < 1.29 is 23.9 Å². The summed E-state index contributed by atoms with van der Waals surface area (Å²) in [4.78, 5) is 51.3. The SMILES string of the molecule is CN(Cc1ccccc1)C(=O)COC(=O)CCN1C(=O)Cc2ccccc2C1=O. The summed E-state index contributed by atoms with van der Waals surface area (Å²) in [7, 11) is 1.63. The third kappa shape index (κ3) is 5.07. The minimum absolute atomic E-state index is 0.0706. The molecule has 7 nitrogen and oxygen atoms in total. The maximum atomic E-state index is 12.5. The molecule has 0 spiro atoms. The van der Waals surface area contributed by atoms with Crippen molar-refractivity contribution in [1.82, 2.24) is 9.80 Å². The molecule has 3 rings (SSSR count). The number of amides is 3. The Hall–Kier alpha value is -3.48. The Morgan fingerprint density at radius 2 is 1.72 bits per heavy atom. The van der Waals surface area contributed by atoms with Crippen molar-refractivity contribution >= 4 is 23.7 Å². The summed E-state index contributed by atoms with van der Waals surface area (Å²) in [5.41, 5.74) is 2.13. The second kappa shape index (κ2) is 9.14. The van der Waals surface area contributed by atoms with E-state index in [0.29, 0.717) is 17.7 Å². The predicted octanol–water partition coefficient (Wildman–Crippen LogP) is 1.80. The molecule has 0 saturated carbocycles. The average Bonchev–Trinajstić information content (AvgIpc) is 2.72. The van der Waals surface area contributed by atoms with Crippen LogP contribution >= 0.6 is 0 Å². The van der Waals surface area contributed by atoms with E-state index in [1.165, 1.54) is 4.90 Å². The van der Waals surface area contributed by atoms with Gasteiger partial charge in [0, 0.05) is 25.7 Å². The fraction of sp³-hybridized carbons (Fsp3) is 0.273. The lowest BCUT2D eigenvalue weighted by atomic mass is 9.98. The lowest BCUT2D eigenvalue weighted by Gasteiger charge is -2.26. The molecule has 3 amide bonds. The van der Waals surface area contributed by atoms with E-state index in [0.717, 1.165) is 10.5 Å². The van der Waals surface area contributed by atoms with Gasteiger partial charge in [-0.05, 0) is 17.2 Å². The van der Waals surface area contributed by atoms with E-state index < -0.39 is 11.9 Å². The van der Waals surface area contributed by atoms with E-state index in [1.54, 1.807) is 31.3 Å². The summed E-state index contributed by atoms with van der Waals surface area (Å²) in [6, 6.07) is 16.4. The predicted molar refractivity (Wildman–Crippen MR) is 105 cm³/mol. The number of ether oxygens (including phenoxy) is 1. The number of imide groups is 1. The molecule has 0 bridgehead atoms. The van der Waals surface area contributed by atoms with Crippen molar-refractivity contribution in [2.45, 2.75) is 19.4 Å². The number of carbonyl (C=O) groups is 4. The molecule has 1 heterocycles. The maximum absolute atomic E-state index is 12.5. The minimum atomic E-state index is -0.633. The Morgan fingerprint density at radius 1 is 1.03 bits per heavy atom. The number of nitrogens with zero attached hydrogens (tertiary/aromatic N) is 2. The van der Waals surface area contributed by atoms with Crippen LogP contribution in [0, 0.1) is 0 Å². The van der Waals surface area contributed by atoms with E-state index in [9.17, 15) is 19.2 Å². The van der Waals surface area contributed by atoms with Crippen molar-refractivity contribution in [3.63, 3.8) is 0 Å². The number of likely N-dealkylation sites (N-methyl/N-ethyl adjacent to an activating group) is 1. The van der Waals surface area contributed by atoms with Crippen molar-refractivity contribution in [2.75, 3.05) is 20.2 Å². The number of hydrogen-bond donors (Lipinski definition) is 0. The zero-order valence-electron chi connectivity index (χ0n) is 16.2. The normalized spacial score (nSPS) is 13.1. The fourth-order valence-corrected chi connectivity index (χ4v) is 3.10. The zero-order chi connectivity index (χ0) is 20.8. The van der Waals surface area contributed by atoms with Gasteiger partial charge in [-0.3, -0.25) is 24.1 Å². The molecule has 0 fully saturated rings. The van der Waals surface area contributed by atoms with E-state index in [-0.39, 0.29) is 37.8 Å². The summed E-state index contributed by atoms with van der Waals surface area (Å²) in [6.45, 7) is -0.0425. The van der Waals surface area contributed by atoms with Crippen LogP contribution in [0.4, 0.5) is 0 Å². The molecule has 0 N–H and O–H groups in total. The highest BCUT2D eigenvalue weighted by molar-refractivity contribution is 6.09. The van der Waals surface area contributed by atoms with Crippen LogP contribution in [0.1, 0.15) is 27.9 Å². The Morgan fingerprint density at radius 3 is 2.48 bits per heavy atom. The Balaban J connectivity index is 1.46.